The Morgan fingerprint density at radius 1 is 1.58 bits per heavy atom. The van der Waals surface area contributed by atoms with Crippen molar-refractivity contribution in [3.63, 3.8) is 0 Å². The van der Waals surface area contributed by atoms with Gasteiger partial charge in [-0.15, -0.1) is 0 Å². The molecule has 5 nitrogen and oxygen atoms in total. The van der Waals surface area contributed by atoms with E-state index in [0.29, 0.717) is 0 Å². The largest absolute Gasteiger partial charge is 1.00 e. The van der Waals surface area contributed by atoms with Gasteiger partial charge < -0.3 is 15.0 Å². The first-order chi connectivity index (χ1) is 4.63. The summed E-state index contributed by atoms with van der Waals surface area (Å²) in [6.45, 7) is 0. The van der Waals surface area contributed by atoms with E-state index < -0.39 is 17.4 Å². The van der Waals surface area contributed by atoms with Crippen LogP contribution in [0.4, 0.5) is 0 Å². The van der Waals surface area contributed by atoms with Crippen molar-refractivity contribution in [2.75, 3.05) is 0 Å². The van der Waals surface area contributed by atoms with E-state index in [1.807, 2.05) is 0 Å². The van der Waals surface area contributed by atoms with Gasteiger partial charge in [0, 0.05) is 12.6 Å². The SMILES string of the molecule is Cn1ncc(C(=O)[O-])c1[O-].[Na+].[Na+]. The maximum Gasteiger partial charge on any atom is 1.00 e. The van der Waals surface area contributed by atoms with Gasteiger partial charge in [-0.3, -0.25) is 4.68 Å². The van der Waals surface area contributed by atoms with Crippen LogP contribution in [0, 0.1) is 0 Å². The maximum absolute atomic E-state index is 10.7. The van der Waals surface area contributed by atoms with Gasteiger partial charge in [-0.1, -0.05) is 0 Å². The van der Waals surface area contributed by atoms with Crippen molar-refractivity contribution in [1.82, 2.24) is 9.78 Å². The summed E-state index contributed by atoms with van der Waals surface area (Å²) in [5.74, 6) is -2.13. The van der Waals surface area contributed by atoms with Crippen LogP contribution in [0.2, 0.25) is 0 Å². The molecule has 0 unspecified atom stereocenters. The molecule has 0 fully saturated rings. The average Bonchev–Trinajstić information content (AvgIpc) is 2.14. The van der Waals surface area contributed by atoms with Crippen LogP contribution < -0.4 is 69.3 Å². The first-order valence-corrected chi connectivity index (χ1v) is 2.53. The molecular formula is C5H4N2Na2O3. The fourth-order valence-corrected chi connectivity index (χ4v) is 0.566. The van der Waals surface area contributed by atoms with Crippen molar-refractivity contribution in [2.45, 2.75) is 0 Å². The molecule has 7 heteroatoms. The minimum atomic E-state index is -1.49. The first-order valence-electron chi connectivity index (χ1n) is 2.53. The fraction of sp³-hybridized carbons (Fsp3) is 0.200. The topological polar surface area (TPSA) is 81.0 Å². The molecule has 0 radical (unpaired) electrons. The number of carboxylic acid groups (broad SMARTS) is 1. The van der Waals surface area contributed by atoms with E-state index >= 15 is 0 Å². The number of nitrogens with zero attached hydrogens (tertiary/aromatic N) is 2. The standard InChI is InChI=1S/C5H6N2O3.2Na/c1-7-4(8)3(2-6-7)5(9)10;;/h2,8H,1H3,(H,9,10);;/q;2*+1/p-2. The second-order valence-corrected chi connectivity index (χ2v) is 1.77. The number of hydrogen-bond donors (Lipinski definition) is 0. The molecule has 0 amide bonds. The van der Waals surface area contributed by atoms with Gasteiger partial charge in [-0.25, -0.2) is 0 Å². The number of hydrogen-bond acceptors (Lipinski definition) is 4. The fourth-order valence-electron chi connectivity index (χ4n) is 0.566. The van der Waals surface area contributed by atoms with E-state index in [4.69, 9.17) is 0 Å². The number of aryl methyl sites for hydroxylation is 1. The monoisotopic (exact) mass is 186 g/mol. The van der Waals surface area contributed by atoms with Crippen LogP contribution in [0.25, 0.3) is 0 Å². The third-order valence-electron chi connectivity index (χ3n) is 1.10. The molecular weight excluding hydrogens is 182 g/mol. The molecule has 0 bridgehead atoms. The Kier molecular flexibility index (Phi) is 7.50. The molecule has 0 aromatic carbocycles. The van der Waals surface area contributed by atoms with Gasteiger partial charge >= 0.3 is 59.1 Å². The van der Waals surface area contributed by atoms with Crippen molar-refractivity contribution in [1.29, 1.82) is 0 Å². The molecule has 0 saturated carbocycles. The van der Waals surface area contributed by atoms with Gasteiger partial charge in [0.05, 0.1) is 12.2 Å². The Balaban J connectivity index is 0. The molecule has 0 aliphatic rings. The van der Waals surface area contributed by atoms with E-state index in [1.165, 1.54) is 7.05 Å². The van der Waals surface area contributed by atoms with Crippen LogP contribution >= 0.6 is 0 Å². The van der Waals surface area contributed by atoms with E-state index in [1.54, 1.807) is 0 Å². The number of rotatable bonds is 1. The Morgan fingerprint density at radius 2 is 2.08 bits per heavy atom. The summed E-state index contributed by atoms with van der Waals surface area (Å²) in [6.07, 6.45) is 0.970. The molecule has 12 heavy (non-hydrogen) atoms. The van der Waals surface area contributed by atoms with Crippen LogP contribution in [-0.2, 0) is 7.05 Å². The Hall–Kier alpha value is 0.480. The van der Waals surface area contributed by atoms with E-state index in [0.717, 1.165) is 10.9 Å². The summed E-state index contributed by atoms with van der Waals surface area (Å²) in [7, 11) is 1.37. The normalized spacial score (nSPS) is 8.08. The van der Waals surface area contributed by atoms with Crippen LogP contribution in [0.5, 0.6) is 5.88 Å². The van der Waals surface area contributed by atoms with Gasteiger partial charge in [0.15, 0.2) is 0 Å². The maximum atomic E-state index is 10.7. The van der Waals surface area contributed by atoms with Gasteiger partial charge in [-0.2, -0.15) is 5.10 Å². The molecule has 0 spiro atoms. The van der Waals surface area contributed by atoms with Crippen LogP contribution in [0.1, 0.15) is 10.4 Å². The van der Waals surface area contributed by atoms with E-state index in [-0.39, 0.29) is 59.1 Å². The van der Waals surface area contributed by atoms with Crippen molar-refractivity contribution >= 4 is 5.97 Å². The molecule has 54 valence electrons. The average molecular weight is 186 g/mol. The van der Waals surface area contributed by atoms with Gasteiger partial charge in [-0.05, 0) is 5.88 Å². The summed E-state index contributed by atoms with van der Waals surface area (Å²) in [5.41, 5.74) is -0.400. The van der Waals surface area contributed by atoms with Crippen molar-refractivity contribution in [3.8, 4) is 5.88 Å². The Bertz CT molecular complexity index is 274. The van der Waals surface area contributed by atoms with Gasteiger partial charge in [0.25, 0.3) is 0 Å². The predicted octanol–water partition coefficient (Wildman–Crippen LogP) is -8.13. The van der Waals surface area contributed by atoms with E-state index in [9.17, 15) is 15.0 Å². The Morgan fingerprint density at radius 3 is 2.25 bits per heavy atom. The molecule has 0 aliphatic heterocycles. The van der Waals surface area contributed by atoms with E-state index in [2.05, 4.69) is 5.10 Å². The third-order valence-corrected chi connectivity index (χ3v) is 1.10. The zero-order chi connectivity index (χ0) is 7.72. The molecule has 1 aromatic rings. The quantitative estimate of drug-likeness (QED) is 0.408. The predicted molar refractivity (Wildman–Crippen MR) is 27.0 cm³/mol. The smallest absolute Gasteiger partial charge is 0.858 e. The summed E-state index contributed by atoms with van der Waals surface area (Å²) < 4.78 is 0.936. The number of aromatic carboxylic acids is 1. The summed E-state index contributed by atoms with van der Waals surface area (Å²) in [5, 5.41) is 24.2. The molecule has 0 saturated heterocycles. The zero-order valence-corrected chi connectivity index (χ0v) is 11.2. The number of carbonyl (C=O) groups is 1. The molecule has 0 aliphatic carbocycles. The Labute approximate surface area is 113 Å². The second kappa shape index (κ2) is 6.01. The minimum Gasteiger partial charge on any atom is -0.858 e. The molecule has 1 aromatic heterocycles. The second-order valence-electron chi connectivity index (χ2n) is 1.77. The number of carboxylic acids is 1. The van der Waals surface area contributed by atoms with Crippen molar-refractivity contribution in [2.24, 2.45) is 7.05 Å². The number of aromatic nitrogens is 2. The summed E-state index contributed by atoms with van der Waals surface area (Å²) in [6, 6.07) is 0. The zero-order valence-electron chi connectivity index (χ0n) is 7.20. The number of carbonyl (C=O) groups excluding carboxylic acids is 1. The van der Waals surface area contributed by atoms with Crippen LogP contribution in [-0.4, -0.2) is 15.7 Å². The van der Waals surface area contributed by atoms with Crippen molar-refractivity contribution < 1.29 is 74.1 Å². The third kappa shape index (κ3) is 3.08. The minimum absolute atomic E-state index is 0. The molecule has 0 atom stereocenters. The molecule has 1 rings (SSSR count). The van der Waals surface area contributed by atoms with Crippen LogP contribution in [0.15, 0.2) is 6.20 Å². The summed E-state index contributed by atoms with van der Waals surface area (Å²) in [4.78, 5) is 10.1. The van der Waals surface area contributed by atoms with Crippen molar-refractivity contribution in [3.05, 3.63) is 11.8 Å². The molecule has 1 heterocycles. The molecule has 0 N–H and O–H groups in total. The summed E-state index contributed by atoms with van der Waals surface area (Å²) >= 11 is 0. The van der Waals surface area contributed by atoms with Gasteiger partial charge in [0.2, 0.25) is 0 Å². The van der Waals surface area contributed by atoms with Gasteiger partial charge in [0.1, 0.15) is 0 Å². The van der Waals surface area contributed by atoms with Crippen LogP contribution in [0.3, 0.4) is 0 Å². The first kappa shape index (κ1) is 15.0.